The minimum atomic E-state index is -2.32. The summed E-state index contributed by atoms with van der Waals surface area (Å²) in [6.45, 7) is 17.4. The summed E-state index contributed by atoms with van der Waals surface area (Å²) in [6, 6.07) is 0. The zero-order valence-corrected chi connectivity index (χ0v) is 73.8. The molecule has 0 aromatic carbocycles. The first kappa shape index (κ1) is 101. The van der Waals surface area contributed by atoms with Gasteiger partial charge in [-0.05, 0) is 118 Å². The first-order valence-corrected chi connectivity index (χ1v) is 43.9. The number of rotatable bonds is 25. The monoisotopic (exact) mass is 1860 g/mol. The standard InChI is InChI=1S/C84H128O45/c1-30-60(122-74-58(106)64(118-36(7)91)61(31(2)113-74)116-34(5)89)56(104)67(126-75-59(107)65(62(32(3)114-75)123-69-52(100)47(95)39(92)25-110-69)125-73-55(103)51(99)63(117-35(6)90)42(120-73)27-109-33(4)88)76(115-30)129-78(108)84-21-20-79(8,9)22-38(84)37-14-15-44-80(10)18-17-46(81(11,28-86)43(80)16-19-82(44,12)83(37,13)23-45(84)94)121-77-68(127-72-54(102)50(98)49(97)41(24-85)119-72)66(57(105)71(128-77)112-29-87)124-70-53(101)48(96)40(93)26-111-70/h14,28-32,38-77,85,92-107H,15-27H2,1-13H3/t30?,31?,32?,38?,39-,40-,41?,42?,43?,44?,45-,46+,47+,48+,49+,50+,51-,52?,53?,54?,55?,56+,57+,58?,59?,60+,61-,62+,63-,64-,65-,66+,67?,68?,69+,70+,71?,72+,73+,74+,75+,76+,77-,80+,81+,82-,83-,84-/m1/s1. The van der Waals surface area contributed by atoms with Crippen molar-refractivity contribution in [3.63, 3.8) is 0 Å². The molecule has 4 saturated carbocycles. The minimum Gasteiger partial charge on any atom is -0.463 e. The molecule has 0 radical (unpaired) electrons. The number of allylic oxidation sites excluding steroid dienone is 2. The topological polar surface area (TPSA) is 657 Å². The van der Waals surface area contributed by atoms with Crippen LogP contribution >= 0.6 is 0 Å². The average Bonchev–Trinajstić information content (AvgIpc) is 0.668. The second-order valence-electron chi connectivity index (χ2n) is 38.6. The van der Waals surface area contributed by atoms with Crippen molar-refractivity contribution in [3.8, 4) is 0 Å². The van der Waals surface area contributed by atoms with Gasteiger partial charge in [0, 0.05) is 27.7 Å². The molecular formula is C84H128O45. The van der Waals surface area contributed by atoms with E-state index in [4.69, 9.17) is 99.5 Å². The van der Waals surface area contributed by atoms with E-state index in [9.17, 15) is 116 Å². The van der Waals surface area contributed by atoms with Crippen LogP contribution in [0.15, 0.2) is 11.6 Å². The summed E-state index contributed by atoms with van der Waals surface area (Å²) < 4.78 is 126. The van der Waals surface area contributed by atoms with E-state index in [-0.39, 0.29) is 38.1 Å². The summed E-state index contributed by atoms with van der Waals surface area (Å²) in [5, 5.41) is 195. The number of hydrogen-bond donors (Lipinski definition) is 17. The minimum absolute atomic E-state index is 0.00638. The zero-order chi connectivity index (χ0) is 94.5. The highest BCUT2D eigenvalue weighted by Gasteiger charge is 2.74. The number of fused-ring (bicyclic) bond motifs is 7. The van der Waals surface area contributed by atoms with Gasteiger partial charge in [0.2, 0.25) is 12.6 Å². The fourth-order valence-corrected chi connectivity index (χ4v) is 22.8. The lowest BCUT2D eigenvalue weighted by Gasteiger charge is -2.71. The van der Waals surface area contributed by atoms with Gasteiger partial charge in [0.25, 0.3) is 6.47 Å². The molecule has 0 aromatic rings. The Morgan fingerprint density at radius 1 is 0.426 bits per heavy atom. The van der Waals surface area contributed by atoms with Gasteiger partial charge in [-0.3, -0.25) is 28.8 Å². The maximum Gasteiger partial charge on any atom is 0.317 e. The van der Waals surface area contributed by atoms with Crippen LogP contribution in [0.5, 0.6) is 0 Å². The lowest BCUT2D eigenvalue weighted by Crippen LogP contribution is -2.69. The Kier molecular flexibility index (Phi) is 31.1. The SMILES string of the molecule is CC(=O)OCC1O[C@@H](O[C@@H]2C(O)[C@H](OC3[C@H](OC(=O)[C@]45CCC(C)(C)CC4C4=CCC6[C@@]7(C)CC[C@H](O[C@@H]8OC(OC=O)[C@@H](O)[C@H](O[C@@H]9OC[C@@H](O)[C@H](O)C9O)C8O[C@@H]8OC(CO)[C@H](O)[C@H](O)C8O)[C@@](C)(C=O)C7CC[C@@]6(C)[C@]4(C)C[C@H]5O)OC(C)[C@H](O[C@@H]4OC(C)[C@@H](OC(C)=O)[C@H](OC(C)=O)C4O)[C@@H]3O)OC(C)[C@@H]2O[C@@H]2OC[C@@H](O)[C@H](O)C2O)C(O)[C@@H](O)[C@@H]1OC(C)=O. The molecule has 17 N–H and O–H groups in total. The van der Waals surface area contributed by atoms with Crippen LogP contribution in [-0.2, 0) is 133 Å². The number of esters is 5. The number of hydrogen-bond acceptors (Lipinski definition) is 45. The van der Waals surface area contributed by atoms with E-state index in [2.05, 4.69) is 26.8 Å². The molecule has 734 valence electrons. The fourth-order valence-electron chi connectivity index (χ4n) is 22.8. The average molecular weight is 1860 g/mol. The molecule has 5 aliphatic carbocycles. The van der Waals surface area contributed by atoms with Crippen LogP contribution in [-0.4, -0.2) is 402 Å². The Morgan fingerprint density at radius 3 is 1.51 bits per heavy atom. The van der Waals surface area contributed by atoms with Crippen molar-refractivity contribution in [2.24, 2.45) is 50.2 Å². The number of aliphatic hydroxyl groups is 17. The van der Waals surface area contributed by atoms with Crippen LogP contribution in [0.25, 0.3) is 0 Å². The van der Waals surface area contributed by atoms with Crippen LogP contribution in [0.3, 0.4) is 0 Å². The molecule has 8 heterocycles. The highest BCUT2D eigenvalue weighted by molar-refractivity contribution is 5.80. The van der Waals surface area contributed by atoms with Crippen LogP contribution in [0.4, 0.5) is 0 Å². The number of aldehydes is 1. The van der Waals surface area contributed by atoms with E-state index >= 15 is 4.79 Å². The number of carbonyl (C=O) groups excluding carboxylic acids is 7. The Morgan fingerprint density at radius 2 is 0.922 bits per heavy atom. The van der Waals surface area contributed by atoms with E-state index in [0.717, 1.165) is 39.6 Å². The smallest absolute Gasteiger partial charge is 0.317 e. The van der Waals surface area contributed by atoms with Crippen molar-refractivity contribution >= 4 is 42.6 Å². The van der Waals surface area contributed by atoms with E-state index in [1.807, 2.05) is 13.8 Å². The van der Waals surface area contributed by atoms with Crippen LogP contribution < -0.4 is 0 Å². The van der Waals surface area contributed by atoms with Gasteiger partial charge < -0.3 is 191 Å². The predicted octanol–water partition coefficient (Wildman–Crippen LogP) is -5.81. The summed E-state index contributed by atoms with van der Waals surface area (Å²) in [6.07, 6.45) is -69.2. The third kappa shape index (κ3) is 19.1. The van der Waals surface area contributed by atoms with E-state index in [0.29, 0.717) is 32.1 Å². The third-order valence-electron chi connectivity index (χ3n) is 29.9. The molecule has 0 aromatic heterocycles. The van der Waals surface area contributed by atoms with Crippen molar-refractivity contribution < 1.29 is 220 Å². The second kappa shape index (κ2) is 39.6. The molecule has 17 unspecified atom stereocenters. The molecular weight excluding hydrogens is 1730 g/mol. The van der Waals surface area contributed by atoms with Gasteiger partial charge >= 0.3 is 29.8 Å². The molecule has 45 nitrogen and oxygen atoms in total. The highest BCUT2D eigenvalue weighted by Crippen LogP contribution is 2.76. The van der Waals surface area contributed by atoms with E-state index in [1.54, 1.807) is 6.92 Å². The van der Waals surface area contributed by atoms with Gasteiger partial charge in [0.05, 0.1) is 55.8 Å². The molecule has 13 aliphatic rings. The third-order valence-corrected chi connectivity index (χ3v) is 29.9. The van der Waals surface area contributed by atoms with Gasteiger partial charge in [0.1, 0.15) is 153 Å². The molecule has 13 rings (SSSR count). The molecule has 0 bridgehead atoms. The van der Waals surface area contributed by atoms with Crippen molar-refractivity contribution in [2.75, 3.05) is 26.4 Å². The molecule has 0 amide bonds. The van der Waals surface area contributed by atoms with Gasteiger partial charge in [-0.2, -0.15) is 0 Å². The first-order valence-electron chi connectivity index (χ1n) is 43.9. The lowest BCUT2D eigenvalue weighted by molar-refractivity contribution is -0.410. The van der Waals surface area contributed by atoms with Crippen LogP contribution in [0.1, 0.15) is 148 Å². The Hall–Kier alpha value is -5.05. The van der Waals surface area contributed by atoms with E-state index in [1.165, 1.54) is 20.8 Å². The Bertz CT molecular complexity index is 3940. The zero-order valence-electron chi connectivity index (χ0n) is 73.8. The number of carbonyl (C=O) groups is 7. The molecule has 8 saturated heterocycles. The largest absolute Gasteiger partial charge is 0.463 e. The normalized spacial score (nSPS) is 51.0. The number of ether oxygens (including phenoxy) is 21. The summed E-state index contributed by atoms with van der Waals surface area (Å²) in [4.78, 5) is 92.8. The maximum absolute atomic E-state index is 16.5. The summed E-state index contributed by atoms with van der Waals surface area (Å²) >= 11 is 0. The molecule has 48 atom stereocenters. The first-order chi connectivity index (χ1) is 60.5. The Balaban J connectivity index is 0.818. The summed E-state index contributed by atoms with van der Waals surface area (Å²) in [5.41, 5.74) is -5.55. The summed E-state index contributed by atoms with van der Waals surface area (Å²) in [7, 11) is 0. The van der Waals surface area contributed by atoms with Crippen LogP contribution in [0.2, 0.25) is 0 Å². The van der Waals surface area contributed by atoms with Crippen molar-refractivity contribution in [1.29, 1.82) is 0 Å². The fraction of sp³-hybridized carbons (Fsp3) is 0.893. The van der Waals surface area contributed by atoms with Crippen molar-refractivity contribution in [2.45, 2.75) is 394 Å². The number of aliphatic hydroxyl groups excluding tert-OH is 17. The second-order valence-corrected chi connectivity index (χ2v) is 38.6. The molecule has 8 aliphatic heterocycles. The van der Waals surface area contributed by atoms with Gasteiger partial charge in [-0.15, -0.1) is 0 Å². The predicted molar refractivity (Wildman–Crippen MR) is 417 cm³/mol. The van der Waals surface area contributed by atoms with Crippen molar-refractivity contribution in [3.05, 3.63) is 11.6 Å². The van der Waals surface area contributed by atoms with Gasteiger partial charge in [-0.25, -0.2) is 0 Å². The van der Waals surface area contributed by atoms with Crippen molar-refractivity contribution in [1.82, 2.24) is 0 Å². The molecule has 12 fully saturated rings. The summed E-state index contributed by atoms with van der Waals surface area (Å²) in [5.74, 6) is -6.30. The molecule has 45 heteroatoms. The van der Waals surface area contributed by atoms with E-state index < -0.39 is 346 Å². The van der Waals surface area contributed by atoms with Gasteiger partial charge in [0.15, 0.2) is 68.4 Å². The lowest BCUT2D eigenvalue weighted by atomic mass is 9.33. The van der Waals surface area contributed by atoms with Crippen LogP contribution in [0, 0.1) is 50.2 Å². The highest BCUT2D eigenvalue weighted by atomic mass is 16.8. The quantitative estimate of drug-likeness (QED) is 0.0133. The molecule has 0 spiro atoms. The maximum atomic E-state index is 16.5. The van der Waals surface area contributed by atoms with Gasteiger partial charge in [-0.1, -0.05) is 53.2 Å². The molecule has 129 heavy (non-hydrogen) atoms. The Labute approximate surface area is 741 Å².